The molecule has 0 atom stereocenters. The highest BCUT2D eigenvalue weighted by Crippen LogP contribution is 2.33. The minimum Gasteiger partial charge on any atom is -0.444 e. The Morgan fingerprint density at radius 3 is 2.86 bits per heavy atom. The molecule has 10 heteroatoms. The largest absolute Gasteiger partial charge is 0.444 e. The number of aromatic amines is 1. The van der Waals surface area contributed by atoms with Crippen LogP contribution in [0.25, 0.3) is 26.8 Å². The van der Waals surface area contributed by atoms with E-state index < -0.39 is 5.60 Å². The molecule has 194 valence electrons. The number of ether oxygens (including phenoxy) is 2. The molecule has 4 aromatic rings. The zero-order valence-electron chi connectivity index (χ0n) is 21.6. The molecule has 0 radical (unpaired) electrons. The summed E-state index contributed by atoms with van der Waals surface area (Å²) in [5.74, 6) is 0. The monoisotopic (exact) mass is 520 g/mol. The van der Waals surface area contributed by atoms with E-state index in [1.807, 2.05) is 39.0 Å². The number of carbonyl (C=O) groups excluding carboxylic acids is 1. The van der Waals surface area contributed by atoms with Gasteiger partial charge in [0.2, 0.25) is 0 Å². The summed E-state index contributed by atoms with van der Waals surface area (Å²) in [4.78, 5) is 26.8. The number of fused-ring (bicyclic) bond motifs is 2. The van der Waals surface area contributed by atoms with Gasteiger partial charge < -0.3 is 30.0 Å². The quantitative estimate of drug-likeness (QED) is 0.257. The number of carbonyl (C=O) groups is 1. The number of pyridine rings is 1. The minimum atomic E-state index is -0.499. The molecule has 0 saturated heterocycles. The van der Waals surface area contributed by atoms with E-state index in [4.69, 9.17) is 9.47 Å². The van der Waals surface area contributed by atoms with Crippen LogP contribution in [0.15, 0.2) is 42.6 Å². The molecule has 0 saturated carbocycles. The molecular weight excluding hydrogens is 488 g/mol. The van der Waals surface area contributed by atoms with Gasteiger partial charge in [0, 0.05) is 49.7 Å². The van der Waals surface area contributed by atoms with Crippen molar-refractivity contribution in [2.75, 3.05) is 44.0 Å². The maximum Gasteiger partial charge on any atom is 0.410 e. The Labute approximate surface area is 219 Å². The van der Waals surface area contributed by atoms with Gasteiger partial charge in [-0.2, -0.15) is 0 Å². The van der Waals surface area contributed by atoms with Gasteiger partial charge in [-0.1, -0.05) is 17.4 Å². The molecule has 3 N–H and O–H groups in total. The molecule has 0 spiro atoms. The number of anilines is 3. The number of hydrogen-bond acceptors (Lipinski definition) is 8. The smallest absolute Gasteiger partial charge is 0.410 e. The lowest BCUT2D eigenvalue weighted by Crippen LogP contribution is -2.39. The molecule has 0 unspecified atom stereocenters. The SMILES string of the molecule is COCCNc1nc2ccc(Nc3ccnc4[nH]c(C5=CCN(C(=O)OC(C)(C)C)CC5)cc34)cc2s1. The topological polar surface area (TPSA) is 104 Å². The summed E-state index contributed by atoms with van der Waals surface area (Å²) in [6.45, 7) is 8.15. The first-order valence-corrected chi connectivity index (χ1v) is 13.2. The van der Waals surface area contributed by atoms with E-state index in [-0.39, 0.29) is 6.09 Å². The number of thiazole rings is 1. The van der Waals surface area contributed by atoms with Gasteiger partial charge in [-0.3, -0.25) is 0 Å². The molecule has 1 aromatic carbocycles. The van der Waals surface area contributed by atoms with E-state index in [0.717, 1.165) is 56.4 Å². The molecule has 1 aliphatic heterocycles. The van der Waals surface area contributed by atoms with Gasteiger partial charge in [-0.15, -0.1) is 0 Å². The van der Waals surface area contributed by atoms with E-state index >= 15 is 0 Å². The molecule has 37 heavy (non-hydrogen) atoms. The Bertz CT molecular complexity index is 1450. The fourth-order valence-corrected chi connectivity index (χ4v) is 5.14. The van der Waals surface area contributed by atoms with Crippen LogP contribution in [0.3, 0.4) is 0 Å². The van der Waals surface area contributed by atoms with Crippen molar-refractivity contribution in [2.45, 2.75) is 32.8 Å². The average molecular weight is 521 g/mol. The number of nitrogens with one attached hydrogen (secondary N) is 3. The number of methoxy groups -OCH3 is 1. The van der Waals surface area contributed by atoms with Crippen molar-refractivity contribution < 1.29 is 14.3 Å². The van der Waals surface area contributed by atoms with E-state index in [2.05, 4.69) is 43.8 Å². The Hall–Kier alpha value is -3.63. The standard InChI is InChI=1S/C27H32N6O3S/c1-27(2,3)36-26(34)33-12-8-17(9-13-33)22-16-19-20(7-10-28-24(19)31-22)30-18-5-6-21-23(15-18)37-25(32-21)29-11-14-35-4/h5-8,10,15-16H,9,11-14H2,1-4H3,(H,29,32)(H2,28,30,31). The first-order valence-electron chi connectivity index (χ1n) is 12.3. The summed E-state index contributed by atoms with van der Waals surface area (Å²) in [6.07, 6.45) is 4.36. The number of amides is 1. The van der Waals surface area contributed by atoms with Gasteiger partial charge in [0.25, 0.3) is 0 Å². The van der Waals surface area contributed by atoms with Gasteiger partial charge in [-0.05, 0) is 63.1 Å². The number of hydrogen-bond donors (Lipinski definition) is 3. The second-order valence-electron chi connectivity index (χ2n) is 9.96. The fraction of sp³-hybridized carbons (Fsp3) is 0.370. The van der Waals surface area contributed by atoms with Gasteiger partial charge in [0.1, 0.15) is 11.2 Å². The van der Waals surface area contributed by atoms with Crippen LogP contribution in [0, 0.1) is 0 Å². The number of rotatable bonds is 7. The summed E-state index contributed by atoms with van der Waals surface area (Å²) < 4.78 is 11.7. The van der Waals surface area contributed by atoms with Gasteiger partial charge in [0.05, 0.1) is 22.5 Å². The molecule has 5 rings (SSSR count). The lowest BCUT2D eigenvalue weighted by atomic mass is 10.0. The fourth-order valence-electron chi connectivity index (χ4n) is 4.21. The molecule has 0 bridgehead atoms. The van der Waals surface area contributed by atoms with Crippen LogP contribution in [0.4, 0.5) is 21.3 Å². The van der Waals surface area contributed by atoms with Crippen LogP contribution in [-0.2, 0) is 9.47 Å². The second-order valence-corrected chi connectivity index (χ2v) is 11.0. The number of H-pyrrole nitrogens is 1. The Morgan fingerprint density at radius 2 is 2.11 bits per heavy atom. The van der Waals surface area contributed by atoms with Crippen LogP contribution in [0.2, 0.25) is 0 Å². The van der Waals surface area contributed by atoms with E-state index in [1.165, 1.54) is 5.57 Å². The van der Waals surface area contributed by atoms with Gasteiger partial charge in [-0.25, -0.2) is 14.8 Å². The predicted molar refractivity (Wildman–Crippen MR) is 150 cm³/mol. The highest BCUT2D eigenvalue weighted by atomic mass is 32.1. The van der Waals surface area contributed by atoms with Crippen molar-refractivity contribution in [2.24, 2.45) is 0 Å². The molecular formula is C27H32N6O3S. The van der Waals surface area contributed by atoms with E-state index in [1.54, 1.807) is 29.5 Å². The van der Waals surface area contributed by atoms with Crippen LogP contribution in [0.5, 0.6) is 0 Å². The third-order valence-corrected chi connectivity index (χ3v) is 6.96. The van der Waals surface area contributed by atoms with Crippen molar-refractivity contribution in [3.63, 3.8) is 0 Å². The lowest BCUT2D eigenvalue weighted by molar-refractivity contribution is 0.0270. The number of nitrogens with zero attached hydrogens (tertiary/aromatic N) is 3. The molecule has 9 nitrogen and oxygen atoms in total. The molecule has 0 fully saturated rings. The zero-order chi connectivity index (χ0) is 26.0. The first-order chi connectivity index (χ1) is 17.8. The average Bonchev–Trinajstić information content (AvgIpc) is 3.47. The normalized spacial score (nSPS) is 14.2. The van der Waals surface area contributed by atoms with E-state index in [0.29, 0.717) is 19.7 Å². The minimum absolute atomic E-state index is 0.275. The van der Waals surface area contributed by atoms with Crippen molar-refractivity contribution in [3.05, 3.63) is 48.3 Å². The molecule has 4 heterocycles. The summed E-state index contributed by atoms with van der Waals surface area (Å²) in [7, 11) is 1.69. The van der Waals surface area contributed by atoms with Crippen LogP contribution in [-0.4, -0.2) is 64.9 Å². The van der Waals surface area contributed by atoms with Crippen LogP contribution in [0.1, 0.15) is 32.9 Å². The summed E-state index contributed by atoms with van der Waals surface area (Å²) in [5, 5.41) is 8.75. The Kier molecular flexibility index (Phi) is 7.03. The number of benzene rings is 1. The second kappa shape index (κ2) is 10.4. The summed E-state index contributed by atoms with van der Waals surface area (Å²) >= 11 is 1.62. The van der Waals surface area contributed by atoms with Crippen molar-refractivity contribution >= 4 is 60.8 Å². The van der Waals surface area contributed by atoms with Gasteiger partial charge in [0.15, 0.2) is 5.13 Å². The summed E-state index contributed by atoms with van der Waals surface area (Å²) in [5.41, 5.74) is 5.43. The predicted octanol–water partition coefficient (Wildman–Crippen LogP) is 6.00. The van der Waals surface area contributed by atoms with Crippen molar-refractivity contribution in [3.8, 4) is 0 Å². The van der Waals surface area contributed by atoms with E-state index in [9.17, 15) is 4.79 Å². The molecule has 0 aliphatic carbocycles. The zero-order valence-corrected chi connectivity index (χ0v) is 22.4. The molecule has 1 amide bonds. The lowest BCUT2D eigenvalue weighted by Gasteiger charge is -2.29. The Morgan fingerprint density at radius 1 is 1.24 bits per heavy atom. The van der Waals surface area contributed by atoms with Crippen LogP contribution >= 0.6 is 11.3 Å². The highest BCUT2D eigenvalue weighted by molar-refractivity contribution is 7.22. The number of aromatic nitrogens is 3. The molecule has 3 aromatic heterocycles. The Balaban J connectivity index is 1.32. The highest BCUT2D eigenvalue weighted by Gasteiger charge is 2.24. The maximum atomic E-state index is 12.4. The van der Waals surface area contributed by atoms with Crippen molar-refractivity contribution in [1.82, 2.24) is 19.9 Å². The third kappa shape index (κ3) is 5.86. The third-order valence-electron chi connectivity index (χ3n) is 5.99. The van der Waals surface area contributed by atoms with Crippen molar-refractivity contribution in [1.29, 1.82) is 0 Å². The maximum absolute atomic E-state index is 12.4. The first kappa shape index (κ1) is 25.0. The van der Waals surface area contributed by atoms with Gasteiger partial charge >= 0.3 is 6.09 Å². The molecule has 1 aliphatic rings. The summed E-state index contributed by atoms with van der Waals surface area (Å²) in [6, 6.07) is 10.3. The van der Waals surface area contributed by atoms with Crippen LogP contribution < -0.4 is 10.6 Å².